The van der Waals surface area contributed by atoms with Crippen LogP contribution in [0.25, 0.3) is 0 Å². The summed E-state index contributed by atoms with van der Waals surface area (Å²) < 4.78 is 52.6. The third-order valence-corrected chi connectivity index (χ3v) is 6.54. The monoisotopic (exact) mass is 472 g/mol. The average molecular weight is 473 g/mol. The highest BCUT2D eigenvalue weighted by Crippen LogP contribution is 2.27. The first-order chi connectivity index (χ1) is 15.8. The number of carbonyl (C=O) groups is 1. The molecule has 3 aromatic carbocycles. The van der Waals surface area contributed by atoms with Gasteiger partial charge in [-0.25, -0.2) is 12.8 Å². The van der Waals surface area contributed by atoms with Crippen LogP contribution in [0.15, 0.2) is 77.7 Å². The lowest BCUT2D eigenvalue weighted by molar-refractivity contribution is -0.119. The third-order valence-electron chi connectivity index (χ3n) is 4.77. The van der Waals surface area contributed by atoms with E-state index in [4.69, 9.17) is 9.47 Å². The molecule has 3 aromatic rings. The Balaban J connectivity index is 1.72. The molecule has 0 aliphatic rings. The number of benzene rings is 3. The van der Waals surface area contributed by atoms with Gasteiger partial charge >= 0.3 is 0 Å². The summed E-state index contributed by atoms with van der Waals surface area (Å²) in [6, 6.07) is 18.6. The molecule has 0 aromatic heterocycles. The van der Waals surface area contributed by atoms with Gasteiger partial charge in [0.05, 0.1) is 24.2 Å². The van der Waals surface area contributed by atoms with Crippen LogP contribution in [0, 0.1) is 12.7 Å². The van der Waals surface area contributed by atoms with Gasteiger partial charge in [-0.05, 0) is 43.3 Å². The molecule has 0 bridgehead atoms. The fourth-order valence-corrected chi connectivity index (χ4v) is 4.50. The van der Waals surface area contributed by atoms with Crippen molar-refractivity contribution in [2.45, 2.75) is 11.8 Å². The molecule has 0 aliphatic carbocycles. The molecule has 0 radical (unpaired) electrons. The third kappa shape index (κ3) is 6.01. The molecule has 0 heterocycles. The van der Waals surface area contributed by atoms with Crippen molar-refractivity contribution in [1.29, 1.82) is 0 Å². The van der Waals surface area contributed by atoms with Crippen LogP contribution in [0.3, 0.4) is 0 Å². The van der Waals surface area contributed by atoms with Gasteiger partial charge in [-0.3, -0.25) is 9.10 Å². The molecule has 0 fully saturated rings. The minimum atomic E-state index is -4.19. The second-order valence-corrected chi connectivity index (χ2v) is 8.99. The number of amides is 1. The molecule has 0 atom stereocenters. The van der Waals surface area contributed by atoms with E-state index in [1.54, 1.807) is 36.4 Å². The standard InChI is InChI=1S/C24H25FN2O5S/c1-18-11-13-19(14-12-18)33(29,30)27(21-8-4-3-7-20(21)25)17-24(28)26-15-16-32-23-10-6-5-9-22(23)31-2/h3-14H,15-17H2,1-2H3,(H,26,28). The van der Waals surface area contributed by atoms with Crippen molar-refractivity contribution in [3.8, 4) is 11.5 Å². The number of halogens is 1. The SMILES string of the molecule is COc1ccccc1OCCNC(=O)CN(c1ccccc1F)S(=O)(=O)c1ccc(C)cc1. The Kier molecular flexibility index (Phi) is 7.89. The van der Waals surface area contributed by atoms with Crippen LogP contribution < -0.4 is 19.1 Å². The molecule has 0 saturated carbocycles. The topological polar surface area (TPSA) is 84.9 Å². The number of aryl methyl sites for hydroxylation is 1. The minimum Gasteiger partial charge on any atom is -0.493 e. The Morgan fingerprint density at radius 3 is 2.27 bits per heavy atom. The van der Waals surface area contributed by atoms with Crippen LogP contribution in [-0.4, -0.2) is 41.1 Å². The number of sulfonamides is 1. The van der Waals surface area contributed by atoms with Crippen molar-refractivity contribution in [3.05, 3.63) is 84.2 Å². The number of hydrogen-bond donors (Lipinski definition) is 1. The van der Waals surface area contributed by atoms with Crippen LogP contribution in [0.1, 0.15) is 5.56 Å². The van der Waals surface area contributed by atoms with Crippen LogP contribution in [0.2, 0.25) is 0 Å². The molecule has 9 heteroatoms. The summed E-state index contributed by atoms with van der Waals surface area (Å²) in [4.78, 5) is 12.5. The first-order valence-corrected chi connectivity index (χ1v) is 11.6. The molecule has 7 nitrogen and oxygen atoms in total. The molecule has 1 amide bonds. The molecule has 0 saturated heterocycles. The molecule has 0 unspecified atom stereocenters. The number of hydrogen-bond acceptors (Lipinski definition) is 5. The number of ether oxygens (including phenoxy) is 2. The normalized spacial score (nSPS) is 11.0. The molecular weight excluding hydrogens is 447 g/mol. The molecule has 33 heavy (non-hydrogen) atoms. The maximum absolute atomic E-state index is 14.5. The van der Waals surface area contributed by atoms with Crippen molar-refractivity contribution >= 4 is 21.6 Å². The van der Waals surface area contributed by atoms with Crippen molar-refractivity contribution in [1.82, 2.24) is 5.32 Å². The Labute approximate surface area is 192 Å². The van der Waals surface area contributed by atoms with Gasteiger partial charge in [-0.2, -0.15) is 0 Å². The van der Waals surface area contributed by atoms with Crippen molar-refractivity contribution in [2.75, 3.05) is 31.1 Å². The van der Waals surface area contributed by atoms with E-state index in [1.165, 1.54) is 37.4 Å². The van der Waals surface area contributed by atoms with E-state index in [-0.39, 0.29) is 23.7 Å². The number of methoxy groups -OCH3 is 1. The highest BCUT2D eigenvalue weighted by atomic mass is 32.2. The smallest absolute Gasteiger partial charge is 0.264 e. The zero-order valence-corrected chi connectivity index (χ0v) is 19.1. The van der Waals surface area contributed by atoms with E-state index in [0.717, 1.165) is 15.9 Å². The lowest BCUT2D eigenvalue weighted by Gasteiger charge is -2.24. The first kappa shape index (κ1) is 24.1. The molecule has 1 N–H and O–H groups in total. The number of nitrogens with one attached hydrogen (secondary N) is 1. The molecule has 174 valence electrons. The predicted octanol–water partition coefficient (Wildman–Crippen LogP) is 3.53. The summed E-state index contributed by atoms with van der Waals surface area (Å²) in [6.45, 7) is 1.49. The van der Waals surface area contributed by atoms with Gasteiger partial charge in [0.2, 0.25) is 5.91 Å². The molecule has 3 rings (SSSR count). The van der Waals surface area contributed by atoms with Crippen LogP contribution in [0.5, 0.6) is 11.5 Å². The lowest BCUT2D eigenvalue weighted by atomic mass is 10.2. The Morgan fingerprint density at radius 1 is 0.970 bits per heavy atom. The maximum atomic E-state index is 14.5. The molecular formula is C24H25FN2O5S. The van der Waals surface area contributed by atoms with Gasteiger partial charge in [-0.1, -0.05) is 42.0 Å². The van der Waals surface area contributed by atoms with Gasteiger partial charge in [0.25, 0.3) is 10.0 Å². The minimum absolute atomic E-state index is 0.0383. The number of carbonyl (C=O) groups excluding carboxylic acids is 1. The summed E-state index contributed by atoms with van der Waals surface area (Å²) in [7, 11) is -2.66. The average Bonchev–Trinajstić information content (AvgIpc) is 2.81. The number of anilines is 1. The second kappa shape index (κ2) is 10.8. The Bertz CT molecular complexity index is 1200. The largest absolute Gasteiger partial charge is 0.493 e. The number of rotatable bonds is 10. The van der Waals surface area contributed by atoms with Crippen molar-refractivity contribution in [3.63, 3.8) is 0 Å². The number of para-hydroxylation sites is 3. The van der Waals surface area contributed by atoms with E-state index >= 15 is 0 Å². The van der Waals surface area contributed by atoms with Crippen LogP contribution in [-0.2, 0) is 14.8 Å². The van der Waals surface area contributed by atoms with E-state index in [0.29, 0.717) is 11.5 Å². The maximum Gasteiger partial charge on any atom is 0.264 e. The Hall–Kier alpha value is -3.59. The highest BCUT2D eigenvalue weighted by molar-refractivity contribution is 7.92. The predicted molar refractivity (Wildman–Crippen MR) is 124 cm³/mol. The fraction of sp³-hybridized carbons (Fsp3) is 0.208. The van der Waals surface area contributed by atoms with Crippen LogP contribution in [0.4, 0.5) is 10.1 Å². The summed E-state index contributed by atoms with van der Waals surface area (Å²) >= 11 is 0. The Morgan fingerprint density at radius 2 is 1.61 bits per heavy atom. The first-order valence-electron chi connectivity index (χ1n) is 10.2. The van der Waals surface area contributed by atoms with E-state index in [1.807, 2.05) is 6.92 Å². The van der Waals surface area contributed by atoms with Gasteiger partial charge < -0.3 is 14.8 Å². The molecule has 0 aliphatic heterocycles. The highest BCUT2D eigenvalue weighted by Gasteiger charge is 2.29. The fourth-order valence-electron chi connectivity index (χ4n) is 3.07. The van der Waals surface area contributed by atoms with Crippen molar-refractivity contribution in [2.24, 2.45) is 0 Å². The zero-order chi connectivity index (χ0) is 23.8. The summed E-state index contributed by atoms with van der Waals surface area (Å²) in [5, 5.41) is 2.61. The van der Waals surface area contributed by atoms with Crippen molar-refractivity contribution < 1.29 is 27.1 Å². The van der Waals surface area contributed by atoms with E-state index < -0.39 is 28.3 Å². The van der Waals surface area contributed by atoms with Gasteiger partial charge in [0.1, 0.15) is 19.0 Å². The number of nitrogens with zero attached hydrogens (tertiary/aromatic N) is 1. The van der Waals surface area contributed by atoms with Gasteiger partial charge in [0.15, 0.2) is 11.5 Å². The lowest BCUT2D eigenvalue weighted by Crippen LogP contribution is -2.42. The summed E-state index contributed by atoms with van der Waals surface area (Å²) in [5.41, 5.74) is 0.665. The quantitative estimate of drug-likeness (QED) is 0.457. The van der Waals surface area contributed by atoms with E-state index in [2.05, 4.69) is 5.32 Å². The summed E-state index contributed by atoms with van der Waals surface area (Å²) in [6.07, 6.45) is 0. The van der Waals surface area contributed by atoms with E-state index in [9.17, 15) is 17.6 Å². The summed E-state index contributed by atoms with van der Waals surface area (Å²) in [5.74, 6) is -0.277. The zero-order valence-electron chi connectivity index (χ0n) is 18.3. The van der Waals surface area contributed by atoms with Gasteiger partial charge in [0, 0.05) is 0 Å². The van der Waals surface area contributed by atoms with Crippen LogP contribution >= 0.6 is 0 Å². The second-order valence-electron chi connectivity index (χ2n) is 7.13. The molecule has 0 spiro atoms. The van der Waals surface area contributed by atoms with Gasteiger partial charge in [-0.15, -0.1) is 0 Å².